The molecule has 1 radical (unpaired) electrons. The molecule has 0 saturated heterocycles. The van der Waals surface area contributed by atoms with Crippen molar-refractivity contribution in [2.75, 3.05) is 27.1 Å². The maximum Gasteiger partial charge on any atom is 0.189 e. The maximum absolute atomic E-state index is 7.53. The topological polar surface area (TPSA) is 27.7 Å². The van der Waals surface area contributed by atoms with Gasteiger partial charge >= 0.3 is 0 Å². The zero-order chi connectivity index (χ0) is 17.3. The largest absolute Gasteiger partial charge is 0.467 e. The Balaban J connectivity index is 1.58. The van der Waals surface area contributed by atoms with Crippen LogP contribution in [0.25, 0.3) is 0 Å². The minimum absolute atomic E-state index is 0.240. The molecule has 133 valence electrons. The van der Waals surface area contributed by atoms with E-state index in [2.05, 4.69) is 12.0 Å². The molecule has 4 saturated carbocycles. The number of ether oxygens (including phenoxy) is 3. The first-order valence-corrected chi connectivity index (χ1v) is 9.49. The minimum Gasteiger partial charge on any atom is -0.467 e. The number of hydrogen-bond donors (Lipinski definition) is 0. The maximum atomic E-state index is 7.53. The van der Waals surface area contributed by atoms with E-state index < -0.39 is 0 Å². The Morgan fingerprint density at radius 1 is 1.08 bits per heavy atom. The Kier molecular flexibility index (Phi) is 4.75. The van der Waals surface area contributed by atoms with Gasteiger partial charge in [-0.2, -0.15) is 0 Å². The molecule has 25 heavy (non-hydrogen) atoms. The zero-order valence-electron chi connectivity index (χ0n) is 15.1. The van der Waals surface area contributed by atoms with E-state index in [1.165, 1.54) is 44.1 Å². The number of hydrogen-bond acceptors (Lipinski definition) is 3. The van der Waals surface area contributed by atoms with Gasteiger partial charge in [0, 0.05) is 18.2 Å². The number of methoxy groups -OCH3 is 1. The van der Waals surface area contributed by atoms with E-state index >= 15 is 0 Å². The lowest BCUT2D eigenvalue weighted by atomic mass is 9.48. The fourth-order valence-electron chi connectivity index (χ4n) is 5.89. The van der Waals surface area contributed by atoms with Crippen LogP contribution in [0, 0.1) is 30.1 Å². The van der Waals surface area contributed by atoms with Gasteiger partial charge in [0.15, 0.2) is 6.79 Å². The van der Waals surface area contributed by atoms with Crippen molar-refractivity contribution in [1.29, 1.82) is 0 Å². The smallest absolute Gasteiger partial charge is 0.189 e. The van der Waals surface area contributed by atoms with Gasteiger partial charge in [0.25, 0.3) is 0 Å². The summed E-state index contributed by atoms with van der Waals surface area (Å²) in [5.41, 5.74) is 2.38. The lowest BCUT2D eigenvalue weighted by molar-refractivity contribution is -0.0189. The van der Waals surface area contributed by atoms with E-state index in [4.69, 9.17) is 20.6 Å². The van der Waals surface area contributed by atoms with E-state index in [0.29, 0.717) is 13.2 Å². The average Bonchev–Trinajstić information content (AvgIpc) is 2.60. The highest BCUT2D eigenvalue weighted by Gasteiger charge is 2.52. The molecular weight excluding hydrogens is 312 g/mol. The van der Waals surface area contributed by atoms with E-state index in [0.717, 1.165) is 29.1 Å². The van der Waals surface area contributed by atoms with Crippen LogP contribution in [0.5, 0.6) is 5.75 Å². The highest BCUT2D eigenvalue weighted by atomic mass is 16.7. The molecule has 5 rings (SSSR count). The van der Waals surface area contributed by atoms with Crippen molar-refractivity contribution < 1.29 is 14.2 Å². The molecule has 0 spiro atoms. The van der Waals surface area contributed by atoms with Gasteiger partial charge in [-0.15, -0.1) is 0 Å². The summed E-state index contributed by atoms with van der Waals surface area (Å²) in [7, 11) is 1.67. The molecule has 4 bridgehead atoms. The van der Waals surface area contributed by atoms with Gasteiger partial charge in [0.05, 0.1) is 13.2 Å². The van der Waals surface area contributed by atoms with Crippen molar-refractivity contribution in [1.82, 2.24) is 0 Å². The van der Waals surface area contributed by atoms with Crippen LogP contribution in [0.3, 0.4) is 0 Å². The first kappa shape index (κ1) is 16.9. The van der Waals surface area contributed by atoms with E-state index in [1.54, 1.807) is 7.11 Å². The number of rotatable bonds is 7. The lowest BCUT2D eigenvalue weighted by Crippen LogP contribution is -2.48. The summed E-state index contributed by atoms with van der Waals surface area (Å²) >= 11 is 0. The van der Waals surface area contributed by atoms with Crippen molar-refractivity contribution in [3.63, 3.8) is 0 Å². The van der Waals surface area contributed by atoms with Gasteiger partial charge in [0.1, 0.15) is 5.75 Å². The first-order valence-electron chi connectivity index (χ1n) is 9.49. The van der Waals surface area contributed by atoms with Gasteiger partial charge in [-0.25, -0.2) is 0 Å². The van der Waals surface area contributed by atoms with E-state index in [1.807, 2.05) is 12.1 Å². The van der Waals surface area contributed by atoms with Crippen LogP contribution in [0.15, 0.2) is 18.2 Å². The molecule has 3 heteroatoms. The average molecular weight is 339 g/mol. The van der Waals surface area contributed by atoms with Crippen molar-refractivity contribution >= 4 is 0 Å². The molecule has 4 aliphatic carbocycles. The van der Waals surface area contributed by atoms with Crippen molar-refractivity contribution in [3.05, 3.63) is 35.7 Å². The molecule has 0 heterocycles. The van der Waals surface area contributed by atoms with Crippen molar-refractivity contribution in [3.8, 4) is 11.7 Å². The van der Waals surface area contributed by atoms with Crippen LogP contribution in [0.2, 0.25) is 0 Å². The van der Waals surface area contributed by atoms with E-state index in [-0.39, 0.29) is 12.2 Å². The molecule has 0 aliphatic heterocycles. The van der Waals surface area contributed by atoms with Crippen LogP contribution in [-0.4, -0.2) is 27.1 Å². The Labute approximate surface area is 151 Å². The molecule has 1 aromatic carbocycles. The zero-order valence-corrected chi connectivity index (χ0v) is 15.1. The Bertz CT molecular complexity index is 622. The third kappa shape index (κ3) is 3.30. The molecule has 0 N–H and O–H groups in total. The lowest BCUT2D eigenvalue weighted by Gasteiger charge is -2.57. The van der Waals surface area contributed by atoms with Gasteiger partial charge in [-0.1, -0.05) is 5.92 Å². The molecule has 0 aromatic heterocycles. The molecule has 0 amide bonds. The Morgan fingerprint density at radius 3 is 2.36 bits per heavy atom. The second-order valence-corrected chi connectivity index (χ2v) is 8.20. The standard InChI is InChI=1S/C22H27O3/c1-3-16-4-5-21(25-15-24-7-6-23-2)20(11-16)22-12-17-8-18(13-22)10-19(9-17)14-22/h4-5,11,17-19H,6-10,12-15H2,2H3. The molecule has 1 aromatic rings. The van der Waals surface area contributed by atoms with Crippen LogP contribution in [0.1, 0.15) is 49.7 Å². The summed E-state index contributed by atoms with van der Waals surface area (Å²) in [5.74, 6) is 6.12. The molecule has 4 aliphatic rings. The van der Waals surface area contributed by atoms with Gasteiger partial charge in [-0.05, 0) is 86.3 Å². The second-order valence-electron chi connectivity index (χ2n) is 8.20. The van der Waals surface area contributed by atoms with Gasteiger partial charge in [-0.3, -0.25) is 0 Å². The number of benzene rings is 1. The highest BCUT2D eigenvalue weighted by molar-refractivity contribution is 5.47. The molecule has 4 fully saturated rings. The quantitative estimate of drug-likeness (QED) is 0.425. The summed E-state index contributed by atoms with van der Waals surface area (Å²) < 4.78 is 16.5. The molecule has 3 nitrogen and oxygen atoms in total. The van der Waals surface area contributed by atoms with Crippen molar-refractivity contribution in [2.24, 2.45) is 17.8 Å². The Morgan fingerprint density at radius 2 is 1.76 bits per heavy atom. The molecule has 0 atom stereocenters. The monoisotopic (exact) mass is 339 g/mol. The second kappa shape index (κ2) is 7.02. The molecule has 0 unspecified atom stereocenters. The van der Waals surface area contributed by atoms with Gasteiger partial charge in [0.2, 0.25) is 0 Å². The predicted molar refractivity (Wildman–Crippen MR) is 95.8 cm³/mol. The van der Waals surface area contributed by atoms with E-state index in [9.17, 15) is 0 Å². The van der Waals surface area contributed by atoms with Crippen LogP contribution < -0.4 is 4.74 Å². The van der Waals surface area contributed by atoms with Crippen molar-refractivity contribution in [2.45, 2.75) is 43.9 Å². The van der Waals surface area contributed by atoms with Crippen LogP contribution >= 0.6 is 0 Å². The third-order valence-corrected chi connectivity index (χ3v) is 6.46. The van der Waals surface area contributed by atoms with Gasteiger partial charge < -0.3 is 14.2 Å². The first-order chi connectivity index (χ1) is 12.2. The van der Waals surface area contributed by atoms with Crippen LogP contribution in [-0.2, 0) is 14.9 Å². The predicted octanol–water partition coefficient (Wildman–Crippen LogP) is 4.09. The van der Waals surface area contributed by atoms with Crippen LogP contribution in [0.4, 0.5) is 0 Å². The SMILES string of the molecule is [C]#Cc1ccc(OCOCCOC)c(C23CC4CC(CC(C4)C2)C3)c1. The third-order valence-electron chi connectivity index (χ3n) is 6.46. The summed E-state index contributed by atoms with van der Waals surface area (Å²) in [6.07, 6.45) is 15.6. The summed E-state index contributed by atoms with van der Waals surface area (Å²) in [6, 6.07) is 6.07. The minimum atomic E-state index is 0.240. The summed E-state index contributed by atoms with van der Waals surface area (Å²) in [5, 5.41) is 0. The fourth-order valence-corrected chi connectivity index (χ4v) is 5.89. The molecular formula is C22H27O3. The normalized spacial score (nSPS) is 32.6. The Hall–Kier alpha value is -1.50. The highest BCUT2D eigenvalue weighted by Crippen LogP contribution is 2.61. The summed E-state index contributed by atoms with van der Waals surface area (Å²) in [6.45, 7) is 1.36. The fraction of sp³-hybridized carbons (Fsp3) is 0.636. The summed E-state index contributed by atoms with van der Waals surface area (Å²) in [4.78, 5) is 0.